The molecule has 0 aliphatic heterocycles. The molecule has 0 spiro atoms. The largest absolute Gasteiger partial charge is 0.453 e. The molecule has 2 aromatic rings. The Kier molecular flexibility index (Phi) is 4.28. The maximum Gasteiger partial charge on any atom is 0.453 e. The molecular weight excluding hydrogens is 364 g/mol. The van der Waals surface area contributed by atoms with Crippen LogP contribution in [0.3, 0.4) is 0 Å². The molecule has 0 saturated carbocycles. The van der Waals surface area contributed by atoms with Gasteiger partial charge in [-0.15, -0.1) is 5.10 Å². The van der Waals surface area contributed by atoms with Gasteiger partial charge in [0.15, 0.2) is 0 Å². The lowest BCUT2D eigenvalue weighted by atomic mass is 10.2. The first-order chi connectivity index (χ1) is 10.4. The Hall–Kier alpha value is -1.88. The standard InChI is InChI=1S/C11H9ClF4N4O2S/c1-5-3-6(13)7(4-8(5)23(12,21)22)20-10(17-2)18-9(19-20)11(14,15)16/h3-4H,1-2H3,(H,17,18,19). The van der Waals surface area contributed by atoms with Crippen LogP contribution in [0, 0.1) is 12.7 Å². The van der Waals surface area contributed by atoms with Gasteiger partial charge in [0, 0.05) is 17.7 Å². The maximum absolute atomic E-state index is 14.1. The fourth-order valence-electron chi connectivity index (χ4n) is 1.83. The molecule has 0 aliphatic carbocycles. The summed E-state index contributed by atoms with van der Waals surface area (Å²) in [7, 11) is 2.27. The average Bonchev–Trinajstić information content (AvgIpc) is 2.81. The van der Waals surface area contributed by atoms with Crippen LogP contribution in [0.5, 0.6) is 0 Å². The van der Waals surface area contributed by atoms with Gasteiger partial charge in [-0.1, -0.05) is 0 Å². The summed E-state index contributed by atoms with van der Waals surface area (Å²) in [5.74, 6) is -2.91. The molecule has 0 radical (unpaired) electrons. The molecule has 6 nitrogen and oxygen atoms in total. The predicted molar refractivity (Wildman–Crippen MR) is 73.6 cm³/mol. The van der Waals surface area contributed by atoms with E-state index in [0.29, 0.717) is 4.68 Å². The summed E-state index contributed by atoms with van der Waals surface area (Å²) in [6.07, 6.45) is -4.85. The summed E-state index contributed by atoms with van der Waals surface area (Å²) >= 11 is 0. The van der Waals surface area contributed by atoms with Crippen LogP contribution in [0.2, 0.25) is 0 Å². The maximum atomic E-state index is 14.1. The monoisotopic (exact) mass is 372 g/mol. The van der Waals surface area contributed by atoms with Crippen LogP contribution in [-0.2, 0) is 15.2 Å². The van der Waals surface area contributed by atoms with Gasteiger partial charge < -0.3 is 5.32 Å². The van der Waals surface area contributed by atoms with Gasteiger partial charge in [-0.25, -0.2) is 12.8 Å². The molecule has 0 bridgehead atoms. The van der Waals surface area contributed by atoms with E-state index in [-0.39, 0.29) is 5.56 Å². The molecule has 0 saturated heterocycles. The summed E-state index contributed by atoms with van der Waals surface area (Å²) in [6, 6.07) is 1.63. The molecule has 0 fully saturated rings. The molecule has 1 aromatic carbocycles. The molecule has 12 heteroatoms. The lowest BCUT2D eigenvalue weighted by Crippen LogP contribution is -2.10. The molecule has 1 heterocycles. The zero-order valence-corrected chi connectivity index (χ0v) is 13.2. The first-order valence-electron chi connectivity index (χ1n) is 5.92. The van der Waals surface area contributed by atoms with E-state index in [2.05, 4.69) is 15.4 Å². The number of alkyl halides is 3. The Balaban J connectivity index is 2.74. The predicted octanol–water partition coefficient (Wildman–Crippen LogP) is 2.70. The fraction of sp³-hybridized carbons (Fsp3) is 0.273. The third kappa shape index (κ3) is 3.39. The van der Waals surface area contributed by atoms with Crippen molar-refractivity contribution >= 4 is 25.7 Å². The van der Waals surface area contributed by atoms with Gasteiger partial charge in [0.05, 0.1) is 4.90 Å². The molecule has 1 aromatic heterocycles. The van der Waals surface area contributed by atoms with E-state index in [1.807, 2.05) is 0 Å². The Morgan fingerprint density at radius 3 is 2.39 bits per heavy atom. The van der Waals surface area contributed by atoms with Gasteiger partial charge in [-0.05, 0) is 24.6 Å². The van der Waals surface area contributed by atoms with Crippen molar-refractivity contribution in [2.45, 2.75) is 18.0 Å². The average molecular weight is 373 g/mol. The zero-order chi connectivity index (χ0) is 17.6. The topological polar surface area (TPSA) is 76.9 Å². The lowest BCUT2D eigenvalue weighted by molar-refractivity contribution is -0.144. The van der Waals surface area contributed by atoms with Gasteiger partial charge in [0.25, 0.3) is 14.9 Å². The van der Waals surface area contributed by atoms with E-state index in [1.165, 1.54) is 14.0 Å². The van der Waals surface area contributed by atoms with Crippen molar-refractivity contribution in [1.29, 1.82) is 0 Å². The van der Waals surface area contributed by atoms with Crippen LogP contribution in [0.15, 0.2) is 17.0 Å². The Bertz CT molecular complexity index is 864. The number of halogens is 5. The van der Waals surface area contributed by atoms with E-state index in [0.717, 1.165) is 12.1 Å². The van der Waals surface area contributed by atoms with E-state index in [9.17, 15) is 26.0 Å². The minimum absolute atomic E-state index is 0.00316. The van der Waals surface area contributed by atoms with Crippen molar-refractivity contribution in [2.24, 2.45) is 0 Å². The second-order valence-corrected chi connectivity index (χ2v) is 6.96. The third-order valence-electron chi connectivity index (χ3n) is 2.82. The van der Waals surface area contributed by atoms with E-state index in [4.69, 9.17) is 10.7 Å². The smallest absolute Gasteiger partial charge is 0.357 e. The van der Waals surface area contributed by atoms with Crippen molar-refractivity contribution in [3.05, 3.63) is 29.3 Å². The van der Waals surface area contributed by atoms with Crippen molar-refractivity contribution in [1.82, 2.24) is 14.8 Å². The van der Waals surface area contributed by atoms with Gasteiger partial charge in [0.2, 0.25) is 5.95 Å². The number of rotatable bonds is 3. The number of nitrogens with one attached hydrogen (secondary N) is 1. The zero-order valence-electron chi connectivity index (χ0n) is 11.6. The number of nitrogens with zero attached hydrogens (tertiary/aromatic N) is 3. The van der Waals surface area contributed by atoms with Crippen LogP contribution >= 0.6 is 10.7 Å². The second kappa shape index (κ2) is 5.64. The Morgan fingerprint density at radius 2 is 1.91 bits per heavy atom. The van der Waals surface area contributed by atoms with Crippen LogP contribution in [0.25, 0.3) is 5.69 Å². The highest BCUT2D eigenvalue weighted by Crippen LogP contribution is 2.30. The van der Waals surface area contributed by atoms with Crippen LogP contribution < -0.4 is 5.32 Å². The molecule has 2 rings (SSSR count). The quantitative estimate of drug-likeness (QED) is 0.662. The fourth-order valence-corrected chi connectivity index (χ4v) is 3.02. The minimum atomic E-state index is -4.85. The van der Waals surface area contributed by atoms with Crippen LogP contribution in [0.4, 0.5) is 23.5 Å². The van der Waals surface area contributed by atoms with Gasteiger partial charge in [-0.3, -0.25) is 0 Å². The first-order valence-corrected chi connectivity index (χ1v) is 8.23. The summed E-state index contributed by atoms with van der Waals surface area (Å²) in [4.78, 5) is 2.76. The van der Waals surface area contributed by atoms with Gasteiger partial charge >= 0.3 is 6.18 Å². The number of benzene rings is 1. The molecule has 0 atom stereocenters. The second-order valence-electron chi connectivity index (χ2n) is 4.43. The highest BCUT2D eigenvalue weighted by atomic mass is 35.7. The van der Waals surface area contributed by atoms with Crippen molar-refractivity contribution in [3.63, 3.8) is 0 Å². The number of hydrogen-bond donors (Lipinski definition) is 1. The van der Waals surface area contributed by atoms with Gasteiger partial charge in [0.1, 0.15) is 11.5 Å². The highest BCUT2D eigenvalue weighted by molar-refractivity contribution is 8.13. The lowest BCUT2D eigenvalue weighted by Gasteiger charge is -2.10. The summed E-state index contributed by atoms with van der Waals surface area (Å²) in [5.41, 5.74) is -0.536. The minimum Gasteiger partial charge on any atom is -0.357 e. The van der Waals surface area contributed by atoms with E-state index in [1.54, 1.807) is 0 Å². The molecule has 0 unspecified atom stereocenters. The molecule has 126 valence electrons. The SMILES string of the molecule is CNc1nc(C(F)(F)F)nn1-c1cc(S(=O)(=O)Cl)c(C)cc1F. The Labute approximate surface area is 132 Å². The summed E-state index contributed by atoms with van der Waals surface area (Å²) < 4.78 is 75.6. The normalized spacial score (nSPS) is 12.5. The first kappa shape index (κ1) is 17.5. The molecule has 1 N–H and O–H groups in total. The van der Waals surface area contributed by atoms with Crippen LogP contribution in [0.1, 0.15) is 11.4 Å². The van der Waals surface area contributed by atoms with Crippen molar-refractivity contribution in [2.75, 3.05) is 12.4 Å². The number of aryl methyl sites for hydroxylation is 1. The number of hydrogen-bond acceptors (Lipinski definition) is 5. The summed E-state index contributed by atoms with van der Waals surface area (Å²) in [6.45, 7) is 1.30. The van der Waals surface area contributed by atoms with E-state index >= 15 is 0 Å². The van der Waals surface area contributed by atoms with E-state index < -0.39 is 43.4 Å². The Morgan fingerprint density at radius 1 is 1.30 bits per heavy atom. The van der Waals surface area contributed by atoms with Gasteiger partial charge in [-0.2, -0.15) is 22.8 Å². The molecule has 0 amide bonds. The third-order valence-corrected chi connectivity index (χ3v) is 4.28. The number of anilines is 1. The molecular formula is C11H9ClF4N4O2S. The van der Waals surface area contributed by atoms with Crippen molar-refractivity contribution in [3.8, 4) is 5.69 Å². The van der Waals surface area contributed by atoms with Crippen molar-refractivity contribution < 1.29 is 26.0 Å². The molecule has 23 heavy (non-hydrogen) atoms. The van der Waals surface area contributed by atoms with Crippen LogP contribution in [-0.4, -0.2) is 30.2 Å². The number of aromatic nitrogens is 3. The highest BCUT2D eigenvalue weighted by Gasteiger charge is 2.37. The summed E-state index contributed by atoms with van der Waals surface area (Å²) in [5, 5.41) is 5.50. The molecule has 0 aliphatic rings.